The number of rotatable bonds is 5. The van der Waals surface area contributed by atoms with Crippen molar-refractivity contribution in [2.45, 2.75) is 6.92 Å². The second-order valence-corrected chi connectivity index (χ2v) is 6.66. The Bertz CT molecular complexity index is 1400. The number of nitrogens with one attached hydrogen (secondary N) is 1. The number of halogens is 2. The number of phenolic OH excluding ortho intramolecular Hbond substituents is 1. The average Bonchev–Trinajstić information content (AvgIpc) is 2.76. The summed E-state index contributed by atoms with van der Waals surface area (Å²) in [6.07, 6.45) is 1.14. The van der Waals surface area contributed by atoms with Crippen LogP contribution in [-0.4, -0.2) is 32.2 Å². The van der Waals surface area contributed by atoms with Crippen molar-refractivity contribution in [1.29, 1.82) is 0 Å². The molecule has 0 saturated heterocycles. The van der Waals surface area contributed by atoms with E-state index in [9.17, 15) is 23.5 Å². The van der Waals surface area contributed by atoms with Gasteiger partial charge in [-0.25, -0.2) is 13.3 Å². The van der Waals surface area contributed by atoms with Crippen LogP contribution in [-0.2, 0) is 0 Å². The number of fused-ring (bicyclic) bond motifs is 1. The SMILES string of the molecule is CCNC(=O)c1cccc(-c2c(=O)ncn3nc(Oc4ccc(F)cc4F)ccc23)c1O. The summed E-state index contributed by atoms with van der Waals surface area (Å²) in [5.74, 6) is -2.80. The summed E-state index contributed by atoms with van der Waals surface area (Å²) in [4.78, 5) is 28.5. The summed E-state index contributed by atoms with van der Waals surface area (Å²) in [6, 6.07) is 10.1. The van der Waals surface area contributed by atoms with Crippen molar-refractivity contribution in [1.82, 2.24) is 19.9 Å². The predicted molar refractivity (Wildman–Crippen MR) is 111 cm³/mol. The molecule has 0 saturated carbocycles. The highest BCUT2D eigenvalue weighted by molar-refractivity contribution is 6.00. The van der Waals surface area contributed by atoms with Crippen LogP contribution in [0.1, 0.15) is 17.3 Å². The summed E-state index contributed by atoms with van der Waals surface area (Å²) in [5.41, 5.74) is -0.258. The molecule has 4 aromatic rings. The van der Waals surface area contributed by atoms with Gasteiger partial charge in [-0.15, -0.1) is 5.10 Å². The maximum absolute atomic E-state index is 13.9. The van der Waals surface area contributed by atoms with Crippen LogP contribution in [0.2, 0.25) is 0 Å². The minimum absolute atomic E-state index is 0.00505. The number of hydrogen-bond acceptors (Lipinski definition) is 6. The zero-order valence-corrected chi connectivity index (χ0v) is 16.7. The number of carbonyl (C=O) groups excluding carboxylic acids is 1. The van der Waals surface area contributed by atoms with E-state index in [2.05, 4.69) is 15.4 Å². The second kappa shape index (κ2) is 8.42. The minimum atomic E-state index is -0.905. The molecule has 2 heterocycles. The largest absolute Gasteiger partial charge is 0.506 e. The van der Waals surface area contributed by atoms with Crippen molar-refractivity contribution in [2.75, 3.05) is 6.54 Å². The fourth-order valence-electron chi connectivity index (χ4n) is 3.15. The lowest BCUT2D eigenvalue weighted by Gasteiger charge is -2.12. The Balaban J connectivity index is 1.80. The van der Waals surface area contributed by atoms with E-state index < -0.39 is 23.1 Å². The first-order valence-corrected chi connectivity index (χ1v) is 9.51. The highest BCUT2D eigenvalue weighted by Crippen LogP contribution is 2.33. The topological polar surface area (TPSA) is 106 Å². The van der Waals surface area contributed by atoms with Gasteiger partial charge in [-0.2, -0.15) is 4.98 Å². The Hall–Kier alpha value is -4.34. The predicted octanol–water partition coefficient (Wildman–Crippen LogP) is 3.28. The van der Waals surface area contributed by atoms with Gasteiger partial charge in [0.05, 0.1) is 16.6 Å². The van der Waals surface area contributed by atoms with Crippen LogP contribution in [0.4, 0.5) is 8.78 Å². The van der Waals surface area contributed by atoms with Crippen LogP contribution in [0, 0.1) is 11.6 Å². The number of benzene rings is 2. The fourth-order valence-corrected chi connectivity index (χ4v) is 3.15. The smallest absolute Gasteiger partial charge is 0.281 e. The van der Waals surface area contributed by atoms with E-state index in [4.69, 9.17) is 4.74 Å². The molecular formula is C22H16F2N4O4. The molecule has 4 rings (SSSR count). The third-order valence-electron chi connectivity index (χ3n) is 4.59. The van der Waals surface area contributed by atoms with E-state index in [1.807, 2.05) is 0 Å². The zero-order valence-electron chi connectivity index (χ0n) is 16.7. The van der Waals surface area contributed by atoms with E-state index in [-0.39, 0.29) is 39.6 Å². The maximum Gasteiger partial charge on any atom is 0.281 e. The van der Waals surface area contributed by atoms with E-state index in [0.717, 1.165) is 18.5 Å². The van der Waals surface area contributed by atoms with Gasteiger partial charge in [0.25, 0.3) is 11.5 Å². The van der Waals surface area contributed by atoms with Crippen molar-refractivity contribution >= 4 is 11.4 Å². The maximum atomic E-state index is 13.9. The molecule has 0 aliphatic carbocycles. The van der Waals surface area contributed by atoms with Gasteiger partial charge in [-0.05, 0) is 31.2 Å². The Labute approximate surface area is 179 Å². The Kier molecular flexibility index (Phi) is 5.50. The van der Waals surface area contributed by atoms with Crippen LogP contribution in [0.5, 0.6) is 17.4 Å². The minimum Gasteiger partial charge on any atom is -0.506 e. The first-order chi connectivity index (χ1) is 15.4. The molecule has 2 N–H and O–H groups in total. The molecular weight excluding hydrogens is 422 g/mol. The molecule has 0 bridgehead atoms. The van der Waals surface area contributed by atoms with Crippen LogP contribution >= 0.6 is 0 Å². The first kappa shape index (κ1) is 20.9. The number of ether oxygens (including phenoxy) is 1. The number of nitrogens with zero attached hydrogens (tertiary/aromatic N) is 3. The van der Waals surface area contributed by atoms with Gasteiger partial charge in [-0.3, -0.25) is 9.59 Å². The third-order valence-corrected chi connectivity index (χ3v) is 4.59. The summed E-state index contributed by atoms with van der Waals surface area (Å²) in [6.45, 7) is 2.10. The Morgan fingerprint density at radius 1 is 1.19 bits per heavy atom. The number of aromatic nitrogens is 3. The van der Waals surface area contributed by atoms with Gasteiger partial charge in [0.1, 0.15) is 17.9 Å². The highest BCUT2D eigenvalue weighted by atomic mass is 19.1. The summed E-state index contributed by atoms with van der Waals surface area (Å²) in [7, 11) is 0. The second-order valence-electron chi connectivity index (χ2n) is 6.66. The molecule has 10 heteroatoms. The van der Waals surface area contributed by atoms with E-state index in [1.165, 1.54) is 34.8 Å². The summed E-state index contributed by atoms with van der Waals surface area (Å²) < 4.78 is 33.6. The number of carbonyl (C=O) groups is 1. The summed E-state index contributed by atoms with van der Waals surface area (Å²) >= 11 is 0. The Morgan fingerprint density at radius 3 is 2.75 bits per heavy atom. The fraction of sp³-hybridized carbons (Fsp3) is 0.0909. The number of hydrogen-bond donors (Lipinski definition) is 2. The Morgan fingerprint density at radius 2 is 2.00 bits per heavy atom. The van der Waals surface area contributed by atoms with Gasteiger partial charge in [0.15, 0.2) is 11.6 Å². The monoisotopic (exact) mass is 438 g/mol. The highest BCUT2D eigenvalue weighted by Gasteiger charge is 2.19. The van der Waals surface area contributed by atoms with Gasteiger partial charge in [0.2, 0.25) is 5.88 Å². The van der Waals surface area contributed by atoms with Crippen molar-refractivity contribution < 1.29 is 23.4 Å². The quantitative estimate of drug-likeness (QED) is 0.495. The lowest BCUT2D eigenvalue weighted by molar-refractivity contribution is 0.0953. The number of para-hydroxylation sites is 1. The lowest BCUT2D eigenvalue weighted by Crippen LogP contribution is -2.23. The number of aromatic hydroxyl groups is 1. The standard InChI is InChI=1S/C22H16F2N4O4/c1-2-25-21(30)14-5-3-4-13(20(14)29)19-16-7-9-18(27-28(16)11-26-22(19)31)32-17-8-6-12(23)10-15(17)24/h3-11,29H,2H2,1H3,(H,25,30). The molecule has 0 aliphatic rings. The molecule has 8 nitrogen and oxygen atoms in total. The van der Waals surface area contributed by atoms with Crippen molar-refractivity contribution in [3.05, 3.63) is 82.4 Å². The van der Waals surface area contributed by atoms with Crippen molar-refractivity contribution in [2.24, 2.45) is 0 Å². The van der Waals surface area contributed by atoms with Crippen LogP contribution in [0.3, 0.4) is 0 Å². The van der Waals surface area contributed by atoms with Gasteiger partial charge in [-0.1, -0.05) is 12.1 Å². The van der Waals surface area contributed by atoms with E-state index in [1.54, 1.807) is 6.92 Å². The third kappa shape index (κ3) is 3.85. The van der Waals surface area contributed by atoms with Crippen LogP contribution < -0.4 is 15.6 Å². The molecule has 2 aromatic carbocycles. The average molecular weight is 438 g/mol. The van der Waals surface area contributed by atoms with Crippen LogP contribution in [0.15, 0.2) is 59.7 Å². The summed E-state index contributed by atoms with van der Waals surface area (Å²) in [5, 5.41) is 17.4. The van der Waals surface area contributed by atoms with Gasteiger partial charge < -0.3 is 15.2 Å². The molecule has 0 unspecified atom stereocenters. The molecule has 1 amide bonds. The molecule has 0 spiro atoms. The molecule has 0 radical (unpaired) electrons. The van der Waals surface area contributed by atoms with E-state index in [0.29, 0.717) is 12.6 Å². The molecule has 32 heavy (non-hydrogen) atoms. The molecule has 162 valence electrons. The number of phenols is 1. The van der Waals surface area contributed by atoms with Gasteiger partial charge in [0, 0.05) is 24.2 Å². The molecule has 0 aliphatic heterocycles. The zero-order chi connectivity index (χ0) is 22.8. The molecule has 0 atom stereocenters. The van der Waals surface area contributed by atoms with E-state index >= 15 is 0 Å². The normalized spacial score (nSPS) is 10.8. The van der Waals surface area contributed by atoms with Crippen LogP contribution in [0.25, 0.3) is 16.6 Å². The van der Waals surface area contributed by atoms with Gasteiger partial charge >= 0.3 is 0 Å². The van der Waals surface area contributed by atoms with Crippen molar-refractivity contribution in [3.8, 4) is 28.5 Å². The van der Waals surface area contributed by atoms with Crippen molar-refractivity contribution in [3.63, 3.8) is 0 Å². The number of amides is 1. The molecule has 2 aromatic heterocycles. The first-order valence-electron chi connectivity index (χ1n) is 9.51. The lowest BCUT2D eigenvalue weighted by atomic mass is 10.0. The molecule has 0 fully saturated rings.